The maximum Gasteiger partial charge on any atom is 0.418 e. The van der Waals surface area contributed by atoms with Crippen LogP contribution < -0.4 is 0 Å². The number of piperidine rings is 1. The van der Waals surface area contributed by atoms with Crippen molar-refractivity contribution in [3.8, 4) is 5.69 Å². The Hall–Kier alpha value is -3.29. The molecule has 3 heterocycles. The van der Waals surface area contributed by atoms with Gasteiger partial charge in [0.15, 0.2) is 5.76 Å². The highest BCUT2D eigenvalue weighted by Gasteiger charge is 2.34. The third kappa shape index (κ3) is 4.21. The Morgan fingerprint density at radius 2 is 1.76 bits per heavy atom. The highest BCUT2D eigenvalue weighted by atomic mass is 19.4. The molecule has 1 fully saturated rings. The van der Waals surface area contributed by atoms with E-state index in [1.165, 1.54) is 12.1 Å². The number of benzene rings is 1. The van der Waals surface area contributed by atoms with Crippen LogP contribution in [0.15, 0.2) is 52.4 Å². The molecule has 1 aromatic heterocycles. The fourth-order valence-electron chi connectivity index (χ4n) is 4.56. The topological polar surface area (TPSA) is 57.8 Å². The summed E-state index contributed by atoms with van der Waals surface area (Å²) in [4.78, 5) is 19.1. The molecule has 0 bridgehead atoms. The van der Waals surface area contributed by atoms with Crippen molar-refractivity contribution in [2.24, 2.45) is 4.99 Å². The second kappa shape index (κ2) is 8.57. The predicted molar refractivity (Wildman–Crippen MR) is 121 cm³/mol. The number of aryl methyl sites for hydroxylation is 1. The van der Waals surface area contributed by atoms with Gasteiger partial charge in [-0.2, -0.15) is 13.2 Å². The molecule has 5 nitrogen and oxygen atoms in total. The van der Waals surface area contributed by atoms with Crippen LogP contribution in [0.3, 0.4) is 0 Å². The van der Waals surface area contributed by atoms with E-state index in [2.05, 4.69) is 4.99 Å². The zero-order valence-corrected chi connectivity index (χ0v) is 18.8. The number of aliphatic hydroxyl groups excluding tert-OH is 1. The van der Waals surface area contributed by atoms with Crippen LogP contribution in [0.5, 0.6) is 0 Å². The van der Waals surface area contributed by atoms with E-state index >= 15 is 0 Å². The van der Waals surface area contributed by atoms with Gasteiger partial charge in [0.1, 0.15) is 11.3 Å². The molecule has 8 heteroatoms. The lowest BCUT2D eigenvalue weighted by Gasteiger charge is -2.27. The van der Waals surface area contributed by atoms with Gasteiger partial charge in [0, 0.05) is 24.5 Å². The van der Waals surface area contributed by atoms with Crippen LogP contribution in [0.1, 0.15) is 48.7 Å². The lowest BCUT2D eigenvalue weighted by atomic mass is 10.1. The van der Waals surface area contributed by atoms with E-state index in [-0.39, 0.29) is 28.6 Å². The molecule has 0 radical (unpaired) electrons. The third-order valence-corrected chi connectivity index (χ3v) is 6.20. The first kappa shape index (κ1) is 22.9. The minimum absolute atomic E-state index is 0.0384. The fourth-order valence-corrected chi connectivity index (χ4v) is 4.56. The van der Waals surface area contributed by atoms with Gasteiger partial charge in [-0.3, -0.25) is 4.79 Å². The third-order valence-electron chi connectivity index (χ3n) is 6.20. The molecular formula is C25H26F3N3O2. The summed E-state index contributed by atoms with van der Waals surface area (Å²) in [6.45, 7) is 6.44. The first-order valence-corrected chi connectivity index (χ1v) is 11.0. The number of aliphatic imine (C=N–C) groups is 1. The molecule has 2 aromatic rings. The number of hydrogen-bond donors (Lipinski definition) is 1. The summed E-state index contributed by atoms with van der Waals surface area (Å²) in [7, 11) is 0. The summed E-state index contributed by atoms with van der Waals surface area (Å²) in [6, 6.07) is 7.18. The average molecular weight is 457 g/mol. The van der Waals surface area contributed by atoms with Crippen molar-refractivity contribution in [2.45, 2.75) is 46.2 Å². The summed E-state index contributed by atoms with van der Waals surface area (Å²) in [5, 5.41) is 10.8. The zero-order valence-electron chi connectivity index (χ0n) is 18.8. The van der Waals surface area contributed by atoms with Crippen LogP contribution in [0, 0.1) is 13.8 Å². The largest absolute Gasteiger partial charge is 0.505 e. The first-order chi connectivity index (χ1) is 15.6. The minimum atomic E-state index is -4.49. The number of likely N-dealkylation sites (tertiary alicyclic amines) is 1. The SMILES string of the molecule is CC1=N/C(=C/c2cc(C)n(-c3ccccc3C(F)(F)F)c2C)C(O)=C1C(=O)N1CCCCC1. The highest BCUT2D eigenvalue weighted by Crippen LogP contribution is 2.36. The standard InChI is InChI=1S/C25H26F3N3O2/c1-15-13-18(17(3)31(15)21-10-6-5-9-19(21)25(26,27)28)14-20-23(32)22(16(2)29-20)24(33)30-11-7-4-8-12-30/h5-6,9-10,13-14,32H,4,7-8,11-12H2,1-3H3/b20-14+. The number of nitrogens with zero attached hydrogens (tertiary/aromatic N) is 3. The second-order valence-corrected chi connectivity index (χ2v) is 8.48. The first-order valence-electron chi connectivity index (χ1n) is 11.0. The van der Waals surface area contributed by atoms with E-state index in [1.54, 1.807) is 48.4 Å². The number of carbonyl (C=O) groups is 1. The van der Waals surface area contributed by atoms with Gasteiger partial charge in [-0.15, -0.1) is 0 Å². The van der Waals surface area contributed by atoms with Gasteiger partial charge in [0.2, 0.25) is 0 Å². The Morgan fingerprint density at radius 3 is 2.42 bits per heavy atom. The predicted octanol–water partition coefficient (Wildman–Crippen LogP) is 5.75. The van der Waals surface area contributed by atoms with Gasteiger partial charge in [-0.25, -0.2) is 4.99 Å². The van der Waals surface area contributed by atoms with Gasteiger partial charge in [0.25, 0.3) is 5.91 Å². The number of halogens is 3. The molecule has 0 spiro atoms. The van der Waals surface area contributed by atoms with Crippen LogP contribution in [0.4, 0.5) is 13.2 Å². The molecule has 0 aliphatic carbocycles. The van der Waals surface area contributed by atoms with E-state index < -0.39 is 11.7 Å². The molecule has 0 unspecified atom stereocenters. The normalized spacial score (nSPS) is 18.3. The summed E-state index contributed by atoms with van der Waals surface area (Å²) in [5.74, 6) is -0.426. The Bertz CT molecular complexity index is 1200. The van der Waals surface area contributed by atoms with E-state index in [0.29, 0.717) is 35.8 Å². The molecule has 0 atom stereocenters. The maximum atomic E-state index is 13.6. The van der Waals surface area contributed by atoms with Crippen molar-refractivity contribution in [3.63, 3.8) is 0 Å². The lowest BCUT2D eigenvalue weighted by Crippen LogP contribution is -2.37. The van der Waals surface area contributed by atoms with Crippen molar-refractivity contribution in [2.75, 3.05) is 13.1 Å². The van der Waals surface area contributed by atoms with Gasteiger partial charge in [-0.1, -0.05) is 12.1 Å². The van der Waals surface area contributed by atoms with Gasteiger partial charge in [0.05, 0.1) is 17.0 Å². The molecule has 0 saturated carbocycles. The van der Waals surface area contributed by atoms with Crippen LogP contribution in [-0.4, -0.2) is 39.3 Å². The molecule has 174 valence electrons. The number of aromatic nitrogens is 1. The van der Waals surface area contributed by atoms with Crippen molar-refractivity contribution in [1.29, 1.82) is 0 Å². The molecule has 33 heavy (non-hydrogen) atoms. The number of para-hydroxylation sites is 1. The average Bonchev–Trinajstić information content (AvgIpc) is 3.21. The highest BCUT2D eigenvalue weighted by molar-refractivity contribution is 6.23. The molecule has 2 aliphatic rings. The summed E-state index contributed by atoms with van der Waals surface area (Å²) < 4.78 is 42.3. The molecular weight excluding hydrogens is 431 g/mol. The van der Waals surface area contributed by atoms with Gasteiger partial charge < -0.3 is 14.6 Å². The molecule has 1 aromatic carbocycles. The van der Waals surface area contributed by atoms with Gasteiger partial charge >= 0.3 is 6.18 Å². The van der Waals surface area contributed by atoms with Crippen LogP contribution in [0.2, 0.25) is 0 Å². The summed E-state index contributed by atoms with van der Waals surface area (Å²) >= 11 is 0. The quantitative estimate of drug-likeness (QED) is 0.638. The van der Waals surface area contributed by atoms with E-state index in [1.807, 2.05) is 0 Å². The van der Waals surface area contributed by atoms with Crippen LogP contribution >= 0.6 is 0 Å². The number of alkyl halides is 3. The molecule has 2 aliphatic heterocycles. The van der Waals surface area contributed by atoms with Crippen molar-refractivity contribution in [3.05, 3.63) is 69.9 Å². The smallest absolute Gasteiger partial charge is 0.418 e. The number of aliphatic hydroxyl groups is 1. The van der Waals surface area contributed by atoms with E-state index in [0.717, 1.165) is 25.3 Å². The van der Waals surface area contributed by atoms with Crippen molar-refractivity contribution >= 4 is 17.7 Å². The summed E-state index contributed by atoms with van der Waals surface area (Å²) in [5.41, 5.74) is 1.99. The Morgan fingerprint density at radius 1 is 1.09 bits per heavy atom. The molecule has 1 N–H and O–H groups in total. The number of carbonyl (C=O) groups excluding carboxylic acids is 1. The number of amides is 1. The van der Waals surface area contributed by atoms with Crippen molar-refractivity contribution in [1.82, 2.24) is 9.47 Å². The summed E-state index contributed by atoms with van der Waals surface area (Å²) in [6.07, 6.45) is 0.0779. The fraction of sp³-hybridized carbons (Fsp3) is 0.360. The van der Waals surface area contributed by atoms with Gasteiger partial charge in [-0.05, 0) is 69.9 Å². The molecule has 1 amide bonds. The Balaban J connectivity index is 1.73. The number of rotatable bonds is 3. The number of hydrogen-bond acceptors (Lipinski definition) is 3. The van der Waals surface area contributed by atoms with Crippen molar-refractivity contribution < 1.29 is 23.1 Å². The monoisotopic (exact) mass is 457 g/mol. The maximum absolute atomic E-state index is 13.6. The van der Waals surface area contributed by atoms with E-state index in [4.69, 9.17) is 0 Å². The molecule has 4 rings (SSSR count). The van der Waals surface area contributed by atoms with Crippen LogP contribution in [0.25, 0.3) is 11.8 Å². The van der Waals surface area contributed by atoms with E-state index in [9.17, 15) is 23.1 Å². The minimum Gasteiger partial charge on any atom is -0.505 e. The zero-order chi connectivity index (χ0) is 23.9. The lowest BCUT2D eigenvalue weighted by molar-refractivity contribution is -0.137. The second-order valence-electron chi connectivity index (χ2n) is 8.48. The van der Waals surface area contributed by atoms with Crippen LogP contribution in [-0.2, 0) is 11.0 Å². The Labute approximate surface area is 190 Å². The molecule has 1 saturated heterocycles. The Kier molecular flexibility index (Phi) is 5.95.